The quantitative estimate of drug-likeness (QED) is 0.803. The minimum absolute atomic E-state index is 0. The molecular weight excluding hydrogens is 282 g/mol. The zero-order valence-corrected chi connectivity index (χ0v) is 12.6. The fraction of sp³-hybridized carbons (Fsp3) is 0.294. The van der Waals surface area contributed by atoms with Crippen molar-refractivity contribution in [3.63, 3.8) is 0 Å². The monoisotopic (exact) mass is 299 g/mol. The van der Waals surface area contributed by atoms with Gasteiger partial charge in [0.1, 0.15) is 12.1 Å². The molecule has 0 N–H and O–H groups in total. The SMILES string of the molecule is C1=CCC2CCN(c3ncnc4ccccc34)CC2=C1.Cl. The molecule has 1 saturated heterocycles. The number of rotatable bonds is 1. The summed E-state index contributed by atoms with van der Waals surface area (Å²) in [6, 6.07) is 8.26. The molecule has 0 saturated carbocycles. The van der Waals surface area contributed by atoms with Gasteiger partial charge in [-0.1, -0.05) is 30.4 Å². The number of para-hydroxylation sites is 1. The van der Waals surface area contributed by atoms with E-state index in [9.17, 15) is 0 Å². The van der Waals surface area contributed by atoms with Gasteiger partial charge in [-0.05, 0) is 36.5 Å². The first kappa shape index (κ1) is 14.1. The molecule has 1 aromatic heterocycles. The van der Waals surface area contributed by atoms with E-state index in [0.29, 0.717) is 0 Å². The molecule has 0 spiro atoms. The average Bonchev–Trinajstić information content (AvgIpc) is 2.54. The third-order valence-corrected chi connectivity index (χ3v) is 4.33. The maximum absolute atomic E-state index is 4.54. The van der Waals surface area contributed by atoms with E-state index in [1.54, 1.807) is 11.9 Å². The van der Waals surface area contributed by atoms with Crippen molar-refractivity contribution >= 4 is 29.1 Å². The van der Waals surface area contributed by atoms with E-state index in [2.05, 4.69) is 51.3 Å². The molecule has 0 radical (unpaired) electrons. The molecule has 2 aliphatic rings. The summed E-state index contributed by atoms with van der Waals surface area (Å²) < 4.78 is 0. The van der Waals surface area contributed by atoms with Crippen LogP contribution in [-0.2, 0) is 0 Å². The highest BCUT2D eigenvalue weighted by Gasteiger charge is 2.25. The summed E-state index contributed by atoms with van der Waals surface area (Å²) in [5.41, 5.74) is 2.57. The molecule has 4 rings (SSSR count). The highest BCUT2D eigenvalue weighted by atomic mass is 35.5. The average molecular weight is 300 g/mol. The van der Waals surface area contributed by atoms with Crippen LogP contribution >= 0.6 is 12.4 Å². The molecule has 0 amide bonds. The topological polar surface area (TPSA) is 29.0 Å². The summed E-state index contributed by atoms with van der Waals surface area (Å²) in [5.74, 6) is 1.81. The first-order valence-electron chi connectivity index (χ1n) is 7.22. The molecule has 1 aromatic carbocycles. The first-order valence-corrected chi connectivity index (χ1v) is 7.22. The lowest BCUT2D eigenvalue weighted by atomic mass is 9.85. The fourth-order valence-corrected chi connectivity index (χ4v) is 3.24. The number of allylic oxidation sites excluding steroid dienone is 3. The van der Waals surface area contributed by atoms with Crippen molar-refractivity contribution in [1.82, 2.24) is 9.97 Å². The van der Waals surface area contributed by atoms with Crippen molar-refractivity contribution in [2.45, 2.75) is 12.8 Å². The summed E-state index contributed by atoms with van der Waals surface area (Å²) in [4.78, 5) is 11.3. The number of fused-ring (bicyclic) bond motifs is 2. The van der Waals surface area contributed by atoms with Crippen LogP contribution in [0.1, 0.15) is 12.8 Å². The van der Waals surface area contributed by atoms with Crippen molar-refractivity contribution in [2.24, 2.45) is 5.92 Å². The molecule has 1 atom stereocenters. The first-order chi connectivity index (χ1) is 9.92. The standard InChI is InChI=1S/C17H17N3.ClH/c1-2-6-14-11-20(10-9-13(14)5-1)17-15-7-3-4-8-16(15)18-12-19-17;/h1-4,6-8,12-13H,5,9-11H2;1H. The number of piperidine rings is 1. The van der Waals surface area contributed by atoms with Crippen molar-refractivity contribution < 1.29 is 0 Å². The molecule has 2 heterocycles. The molecule has 21 heavy (non-hydrogen) atoms. The van der Waals surface area contributed by atoms with Gasteiger partial charge in [0, 0.05) is 18.5 Å². The van der Waals surface area contributed by atoms with Gasteiger partial charge in [-0.15, -0.1) is 12.4 Å². The molecule has 2 aromatic rings. The lowest BCUT2D eigenvalue weighted by Crippen LogP contribution is -2.36. The second kappa shape index (κ2) is 5.86. The molecule has 4 heteroatoms. The summed E-state index contributed by atoms with van der Waals surface area (Å²) in [6.07, 6.45) is 10.8. The Hall–Kier alpha value is -1.87. The van der Waals surface area contributed by atoms with Crippen LogP contribution in [0, 0.1) is 5.92 Å². The summed E-state index contributed by atoms with van der Waals surface area (Å²) in [6.45, 7) is 2.08. The lowest BCUT2D eigenvalue weighted by molar-refractivity contribution is 0.501. The highest BCUT2D eigenvalue weighted by Crippen LogP contribution is 2.32. The van der Waals surface area contributed by atoms with Gasteiger partial charge in [-0.25, -0.2) is 9.97 Å². The van der Waals surface area contributed by atoms with Crippen LogP contribution in [0.3, 0.4) is 0 Å². The Kier molecular flexibility index (Phi) is 3.93. The maximum Gasteiger partial charge on any atom is 0.140 e. The van der Waals surface area contributed by atoms with E-state index in [0.717, 1.165) is 35.7 Å². The summed E-state index contributed by atoms with van der Waals surface area (Å²) in [7, 11) is 0. The number of halogens is 1. The van der Waals surface area contributed by atoms with E-state index < -0.39 is 0 Å². The van der Waals surface area contributed by atoms with Crippen molar-refractivity contribution in [3.8, 4) is 0 Å². The molecule has 1 fully saturated rings. The Morgan fingerprint density at radius 3 is 3.00 bits per heavy atom. The molecule has 108 valence electrons. The fourth-order valence-electron chi connectivity index (χ4n) is 3.24. The number of hydrogen-bond acceptors (Lipinski definition) is 3. The minimum Gasteiger partial charge on any atom is -0.352 e. The zero-order valence-electron chi connectivity index (χ0n) is 11.8. The van der Waals surface area contributed by atoms with Gasteiger partial charge in [0.05, 0.1) is 5.52 Å². The number of aromatic nitrogens is 2. The largest absolute Gasteiger partial charge is 0.352 e. The second-order valence-electron chi connectivity index (χ2n) is 5.53. The highest BCUT2D eigenvalue weighted by molar-refractivity contribution is 5.89. The number of anilines is 1. The normalized spacial score (nSPS) is 20.7. The van der Waals surface area contributed by atoms with Gasteiger partial charge in [0.15, 0.2) is 0 Å². The second-order valence-corrected chi connectivity index (χ2v) is 5.53. The van der Waals surface area contributed by atoms with Crippen molar-refractivity contribution in [1.29, 1.82) is 0 Å². The van der Waals surface area contributed by atoms with Gasteiger partial charge in [0.2, 0.25) is 0 Å². The Morgan fingerprint density at radius 1 is 1.14 bits per heavy atom. The van der Waals surface area contributed by atoms with Crippen molar-refractivity contribution in [3.05, 3.63) is 54.4 Å². The van der Waals surface area contributed by atoms with Gasteiger partial charge in [-0.3, -0.25) is 0 Å². The Labute approximate surface area is 130 Å². The van der Waals surface area contributed by atoms with E-state index in [1.165, 1.54) is 12.8 Å². The third-order valence-electron chi connectivity index (χ3n) is 4.33. The van der Waals surface area contributed by atoms with Crippen LogP contribution < -0.4 is 4.90 Å². The Balaban J connectivity index is 0.00000132. The summed E-state index contributed by atoms with van der Waals surface area (Å²) >= 11 is 0. The predicted octanol–water partition coefficient (Wildman–Crippen LogP) is 3.76. The molecular formula is C17H18ClN3. The van der Waals surface area contributed by atoms with E-state index in [4.69, 9.17) is 0 Å². The Bertz CT molecular complexity index is 703. The third kappa shape index (κ3) is 2.54. The lowest BCUT2D eigenvalue weighted by Gasteiger charge is -2.36. The summed E-state index contributed by atoms with van der Waals surface area (Å²) in [5, 5.41) is 1.15. The van der Waals surface area contributed by atoms with Crippen LogP contribution in [0.15, 0.2) is 54.4 Å². The Morgan fingerprint density at radius 2 is 2.05 bits per heavy atom. The maximum atomic E-state index is 4.54. The van der Waals surface area contributed by atoms with Crippen LogP contribution in [0.5, 0.6) is 0 Å². The molecule has 1 aliphatic carbocycles. The predicted molar refractivity (Wildman–Crippen MR) is 88.9 cm³/mol. The van der Waals surface area contributed by atoms with Gasteiger partial charge in [-0.2, -0.15) is 0 Å². The van der Waals surface area contributed by atoms with Crippen molar-refractivity contribution in [2.75, 3.05) is 18.0 Å². The van der Waals surface area contributed by atoms with E-state index in [1.807, 2.05) is 6.07 Å². The molecule has 1 unspecified atom stereocenters. The van der Waals surface area contributed by atoms with Crippen LogP contribution in [-0.4, -0.2) is 23.1 Å². The smallest absolute Gasteiger partial charge is 0.140 e. The van der Waals surface area contributed by atoms with Gasteiger partial charge >= 0.3 is 0 Å². The van der Waals surface area contributed by atoms with Crippen LogP contribution in [0.4, 0.5) is 5.82 Å². The number of benzene rings is 1. The number of hydrogen-bond donors (Lipinski definition) is 0. The molecule has 3 nitrogen and oxygen atoms in total. The minimum atomic E-state index is 0. The molecule has 0 bridgehead atoms. The van der Waals surface area contributed by atoms with Crippen LogP contribution in [0.25, 0.3) is 10.9 Å². The zero-order chi connectivity index (χ0) is 13.4. The van der Waals surface area contributed by atoms with Crippen LogP contribution in [0.2, 0.25) is 0 Å². The van der Waals surface area contributed by atoms with E-state index >= 15 is 0 Å². The molecule has 1 aliphatic heterocycles. The van der Waals surface area contributed by atoms with Gasteiger partial charge in [0.25, 0.3) is 0 Å². The van der Waals surface area contributed by atoms with Gasteiger partial charge < -0.3 is 4.90 Å². The number of nitrogens with zero attached hydrogens (tertiary/aromatic N) is 3. The van der Waals surface area contributed by atoms with E-state index in [-0.39, 0.29) is 12.4 Å².